The first-order valence-electron chi connectivity index (χ1n) is 7.86. The van der Waals surface area contributed by atoms with Gasteiger partial charge in [-0.1, -0.05) is 38.4 Å². The summed E-state index contributed by atoms with van der Waals surface area (Å²) in [5, 5.41) is 4.65. The van der Waals surface area contributed by atoms with Crippen LogP contribution in [0.15, 0.2) is 30.9 Å². The largest absolute Gasteiger partial charge is 0.490 e. The maximum absolute atomic E-state index is 6.32. The molecule has 0 fully saturated rings. The molecule has 2 aromatic rings. The van der Waals surface area contributed by atoms with Crippen molar-refractivity contribution in [2.45, 2.75) is 39.2 Å². The van der Waals surface area contributed by atoms with Crippen LogP contribution in [0.4, 0.5) is 0 Å². The van der Waals surface area contributed by atoms with Gasteiger partial charge in [-0.05, 0) is 29.5 Å². The van der Waals surface area contributed by atoms with Crippen LogP contribution in [0, 0.1) is 0 Å². The lowest BCUT2D eigenvalue weighted by molar-refractivity contribution is 0.0926. The average Bonchev–Trinajstić information content (AvgIpc) is 3.05. The molecule has 0 N–H and O–H groups in total. The van der Waals surface area contributed by atoms with Gasteiger partial charge in [0.15, 0.2) is 0 Å². The molecule has 1 aromatic carbocycles. The Morgan fingerprint density at radius 1 is 1.22 bits per heavy atom. The Labute approximate surface area is 142 Å². The molecule has 0 aliphatic heterocycles. The van der Waals surface area contributed by atoms with E-state index >= 15 is 0 Å². The Bertz CT molecular complexity index is 600. The minimum Gasteiger partial charge on any atom is -0.490 e. The van der Waals surface area contributed by atoms with E-state index in [9.17, 15) is 0 Å². The van der Waals surface area contributed by atoms with Crippen LogP contribution in [-0.4, -0.2) is 34.6 Å². The SMILES string of the molecule is CCC(C)(C)c1ccc(OCCOCCn2cncn2)c(Cl)c1. The highest BCUT2D eigenvalue weighted by molar-refractivity contribution is 6.32. The second-order valence-electron chi connectivity index (χ2n) is 6.00. The number of hydrogen-bond donors (Lipinski definition) is 0. The third-order valence-corrected chi connectivity index (χ3v) is 4.31. The molecule has 126 valence electrons. The Hall–Kier alpha value is -1.59. The number of hydrogen-bond acceptors (Lipinski definition) is 4. The van der Waals surface area contributed by atoms with Crippen molar-refractivity contribution < 1.29 is 9.47 Å². The minimum absolute atomic E-state index is 0.118. The molecule has 0 bridgehead atoms. The van der Waals surface area contributed by atoms with Crippen molar-refractivity contribution in [3.05, 3.63) is 41.4 Å². The van der Waals surface area contributed by atoms with Gasteiger partial charge in [-0.3, -0.25) is 4.68 Å². The molecule has 6 heteroatoms. The molecule has 0 aliphatic rings. The van der Waals surface area contributed by atoms with Crippen molar-refractivity contribution in [2.75, 3.05) is 19.8 Å². The Balaban J connectivity index is 1.73. The zero-order chi connectivity index (χ0) is 16.7. The zero-order valence-electron chi connectivity index (χ0n) is 14.0. The fourth-order valence-corrected chi connectivity index (χ4v) is 2.30. The molecule has 0 radical (unpaired) electrons. The van der Waals surface area contributed by atoms with E-state index in [0.717, 1.165) is 6.42 Å². The van der Waals surface area contributed by atoms with Crippen molar-refractivity contribution in [1.82, 2.24) is 14.8 Å². The van der Waals surface area contributed by atoms with Crippen molar-refractivity contribution in [3.8, 4) is 5.75 Å². The van der Waals surface area contributed by atoms with E-state index in [1.54, 1.807) is 11.0 Å². The highest BCUT2D eigenvalue weighted by Gasteiger charge is 2.19. The van der Waals surface area contributed by atoms with Gasteiger partial charge in [-0.15, -0.1) is 0 Å². The Kier molecular flexibility index (Phi) is 6.42. The van der Waals surface area contributed by atoms with Crippen LogP contribution < -0.4 is 4.74 Å². The summed E-state index contributed by atoms with van der Waals surface area (Å²) in [7, 11) is 0. The molecule has 0 spiro atoms. The third-order valence-electron chi connectivity index (χ3n) is 4.01. The molecule has 1 aromatic heterocycles. The van der Waals surface area contributed by atoms with Crippen LogP contribution in [0.2, 0.25) is 5.02 Å². The average molecular weight is 338 g/mol. The fraction of sp³-hybridized carbons (Fsp3) is 0.529. The van der Waals surface area contributed by atoms with Gasteiger partial charge in [0, 0.05) is 0 Å². The lowest BCUT2D eigenvalue weighted by atomic mass is 9.82. The predicted molar refractivity (Wildman–Crippen MR) is 91.1 cm³/mol. The first kappa shape index (κ1) is 17.8. The monoisotopic (exact) mass is 337 g/mol. The van der Waals surface area contributed by atoms with Crippen LogP contribution >= 0.6 is 11.6 Å². The third kappa shape index (κ3) is 5.22. The molecule has 0 saturated heterocycles. The highest BCUT2D eigenvalue weighted by Crippen LogP contribution is 2.33. The summed E-state index contributed by atoms with van der Waals surface area (Å²) < 4.78 is 12.9. The lowest BCUT2D eigenvalue weighted by Crippen LogP contribution is -2.15. The minimum atomic E-state index is 0.118. The second-order valence-corrected chi connectivity index (χ2v) is 6.41. The van der Waals surface area contributed by atoms with E-state index in [1.165, 1.54) is 11.9 Å². The zero-order valence-corrected chi connectivity index (χ0v) is 14.7. The van der Waals surface area contributed by atoms with Gasteiger partial charge in [0.1, 0.15) is 25.0 Å². The molecule has 1 heterocycles. The van der Waals surface area contributed by atoms with E-state index < -0.39 is 0 Å². The van der Waals surface area contributed by atoms with Gasteiger partial charge in [0.05, 0.1) is 24.8 Å². The quantitative estimate of drug-likeness (QED) is 0.654. The standard InChI is InChI=1S/C17H24ClN3O2/c1-4-17(2,3)14-5-6-16(15(18)11-14)23-10-9-22-8-7-21-13-19-12-20-21/h5-6,11-13H,4,7-10H2,1-3H3. The van der Waals surface area contributed by atoms with E-state index in [0.29, 0.717) is 37.1 Å². The van der Waals surface area contributed by atoms with E-state index in [1.807, 2.05) is 12.1 Å². The van der Waals surface area contributed by atoms with Crippen LogP contribution in [0.5, 0.6) is 5.75 Å². The molecule has 0 amide bonds. The maximum atomic E-state index is 6.32. The van der Waals surface area contributed by atoms with Crippen molar-refractivity contribution in [3.63, 3.8) is 0 Å². The first-order chi connectivity index (χ1) is 11.0. The van der Waals surface area contributed by atoms with Crippen molar-refractivity contribution in [2.24, 2.45) is 0 Å². The van der Waals surface area contributed by atoms with Crippen molar-refractivity contribution >= 4 is 11.6 Å². The van der Waals surface area contributed by atoms with E-state index in [2.05, 4.69) is 36.9 Å². The van der Waals surface area contributed by atoms with Gasteiger partial charge in [0.2, 0.25) is 0 Å². The Morgan fingerprint density at radius 3 is 2.70 bits per heavy atom. The van der Waals surface area contributed by atoms with Gasteiger partial charge in [-0.25, -0.2) is 4.98 Å². The molecule has 0 aliphatic carbocycles. The number of halogens is 1. The summed E-state index contributed by atoms with van der Waals surface area (Å²) in [5.41, 5.74) is 1.34. The summed E-state index contributed by atoms with van der Waals surface area (Å²) >= 11 is 6.32. The maximum Gasteiger partial charge on any atom is 0.138 e. The van der Waals surface area contributed by atoms with E-state index in [4.69, 9.17) is 21.1 Å². The van der Waals surface area contributed by atoms with Crippen LogP contribution in [0.3, 0.4) is 0 Å². The number of ether oxygens (including phenoxy) is 2. The molecule has 0 unspecified atom stereocenters. The molecular weight excluding hydrogens is 314 g/mol. The van der Waals surface area contributed by atoms with Crippen LogP contribution in [0.1, 0.15) is 32.8 Å². The number of nitrogens with zero attached hydrogens (tertiary/aromatic N) is 3. The smallest absolute Gasteiger partial charge is 0.138 e. The first-order valence-corrected chi connectivity index (χ1v) is 8.23. The second kappa shape index (κ2) is 8.31. The molecular formula is C17H24ClN3O2. The molecule has 23 heavy (non-hydrogen) atoms. The van der Waals surface area contributed by atoms with Crippen LogP contribution in [0.25, 0.3) is 0 Å². The van der Waals surface area contributed by atoms with Gasteiger partial charge in [0.25, 0.3) is 0 Å². The molecule has 5 nitrogen and oxygen atoms in total. The summed E-state index contributed by atoms with van der Waals surface area (Å²) in [4.78, 5) is 3.87. The number of rotatable bonds is 9. The summed E-state index contributed by atoms with van der Waals surface area (Å²) in [6.45, 7) is 8.83. The van der Waals surface area contributed by atoms with E-state index in [-0.39, 0.29) is 5.41 Å². The topological polar surface area (TPSA) is 49.2 Å². The molecule has 0 saturated carbocycles. The lowest BCUT2D eigenvalue weighted by Gasteiger charge is -2.24. The fourth-order valence-electron chi connectivity index (χ4n) is 2.06. The normalized spacial score (nSPS) is 11.7. The summed E-state index contributed by atoms with van der Waals surface area (Å²) in [5.74, 6) is 0.696. The molecule has 0 atom stereocenters. The summed E-state index contributed by atoms with van der Waals surface area (Å²) in [6.07, 6.45) is 4.23. The number of benzene rings is 1. The van der Waals surface area contributed by atoms with Gasteiger partial charge >= 0.3 is 0 Å². The Morgan fingerprint density at radius 2 is 2.04 bits per heavy atom. The number of aromatic nitrogens is 3. The van der Waals surface area contributed by atoms with Gasteiger partial charge in [-0.2, -0.15) is 5.10 Å². The van der Waals surface area contributed by atoms with Crippen molar-refractivity contribution in [1.29, 1.82) is 0 Å². The van der Waals surface area contributed by atoms with Gasteiger partial charge < -0.3 is 9.47 Å². The summed E-state index contributed by atoms with van der Waals surface area (Å²) in [6, 6.07) is 6.01. The predicted octanol–water partition coefficient (Wildman–Crippen LogP) is 3.71. The molecule has 2 rings (SSSR count). The highest BCUT2D eigenvalue weighted by atomic mass is 35.5. The van der Waals surface area contributed by atoms with Crippen LogP contribution in [-0.2, 0) is 16.7 Å².